The van der Waals surface area contributed by atoms with Gasteiger partial charge in [-0.05, 0) is 42.3 Å². The summed E-state index contributed by atoms with van der Waals surface area (Å²) in [6.45, 7) is 1.81. The summed E-state index contributed by atoms with van der Waals surface area (Å²) < 4.78 is 45.1. The van der Waals surface area contributed by atoms with Crippen molar-refractivity contribution < 1.29 is 23.0 Å². The second-order valence-corrected chi connectivity index (χ2v) is 6.77. The Hall–Kier alpha value is -2.72. The molecule has 0 amide bonds. The fraction of sp³-hybridized carbons (Fsp3) is 0.381. The molecule has 148 valence electrons. The van der Waals surface area contributed by atoms with Gasteiger partial charge < -0.3 is 14.7 Å². The van der Waals surface area contributed by atoms with E-state index in [-0.39, 0.29) is 18.1 Å². The molecule has 1 heterocycles. The SMILES string of the molecule is N#Cc1ccc(N2CC[C@@H](c3ccc(OCCCO)cc3)C2)cc1C(F)(F)F. The summed E-state index contributed by atoms with van der Waals surface area (Å²) in [6, 6.07) is 13.2. The van der Waals surface area contributed by atoms with Crippen molar-refractivity contribution in [3.8, 4) is 11.8 Å². The Morgan fingerprint density at radius 3 is 2.57 bits per heavy atom. The number of aliphatic hydroxyl groups is 1. The maximum absolute atomic E-state index is 13.2. The first kappa shape index (κ1) is 20.0. The lowest BCUT2D eigenvalue weighted by atomic mass is 9.98. The summed E-state index contributed by atoms with van der Waals surface area (Å²) in [4.78, 5) is 1.92. The molecule has 1 atom stereocenters. The van der Waals surface area contributed by atoms with Gasteiger partial charge in [0.1, 0.15) is 5.75 Å². The maximum Gasteiger partial charge on any atom is 0.417 e. The van der Waals surface area contributed by atoms with E-state index in [9.17, 15) is 13.2 Å². The molecule has 0 spiro atoms. The minimum absolute atomic E-state index is 0.0847. The first-order valence-corrected chi connectivity index (χ1v) is 9.12. The molecule has 28 heavy (non-hydrogen) atoms. The van der Waals surface area contributed by atoms with Crippen molar-refractivity contribution in [2.75, 3.05) is 31.2 Å². The van der Waals surface area contributed by atoms with Gasteiger partial charge in [0.05, 0.1) is 23.8 Å². The standard InChI is InChI=1S/C21H21F3N2O2/c22-21(23,24)20-12-18(5-2-16(20)13-25)26-9-8-17(14-26)15-3-6-19(7-4-15)28-11-1-10-27/h2-7,12,17,27H,1,8-11,14H2/t17-/m1/s1. The number of nitriles is 1. The van der Waals surface area contributed by atoms with Crippen LogP contribution in [-0.2, 0) is 6.18 Å². The van der Waals surface area contributed by atoms with Crippen LogP contribution in [0.25, 0.3) is 0 Å². The van der Waals surface area contributed by atoms with E-state index in [2.05, 4.69) is 0 Å². The van der Waals surface area contributed by atoms with Crippen LogP contribution in [0.2, 0.25) is 0 Å². The Bertz CT molecular complexity index is 844. The summed E-state index contributed by atoms with van der Waals surface area (Å²) >= 11 is 0. The smallest absolute Gasteiger partial charge is 0.417 e. The molecule has 7 heteroatoms. The Labute approximate surface area is 161 Å². The van der Waals surface area contributed by atoms with Crippen LogP contribution in [0.3, 0.4) is 0 Å². The van der Waals surface area contributed by atoms with Gasteiger partial charge >= 0.3 is 6.18 Å². The molecule has 2 aromatic rings. The molecule has 1 N–H and O–H groups in total. The predicted molar refractivity (Wildman–Crippen MR) is 99.4 cm³/mol. The average molecular weight is 390 g/mol. The molecule has 0 radical (unpaired) electrons. The molecule has 0 aliphatic carbocycles. The zero-order valence-electron chi connectivity index (χ0n) is 15.2. The highest BCUT2D eigenvalue weighted by Gasteiger charge is 2.35. The van der Waals surface area contributed by atoms with Crippen molar-refractivity contribution in [3.63, 3.8) is 0 Å². The number of hydrogen-bond donors (Lipinski definition) is 1. The summed E-state index contributed by atoms with van der Waals surface area (Å²) in [7, 11) is 0. The van der Waals surface area contributed by atoms with Gasteiger partial charge in [0, 0.05) is 37.7 Å². The van der Waals surface area contributed by atoms with Gasteiger partial charge in [0.15, 0.2) is 0 Å². The molecule has 1 fully saturated rings. The Kier molecular flexibility index (Phi) is 6.10. The number of hydrogen-bond acceptors (Lipinski definition) is 4. The highest BCUT2D eigenvalue weighted by atomic mass is 19.4. The minimum atomic E-state index is -4.55. The number of rotatable bonds is 6. The normalized spacial score (nSPS) is 16.8. The second-order valence-electron chi connectivity index (χ2n) is 6.77. The van der Waals surface area contributed by atoms with E-state index in [0.29, 0.717) is 31.8 Å². The fourth-order valence-electron chi connectivity index (χ4n) is 3.42. The summed E-state index contributed by atoms with van der Waals surface area (Å²) in [6.07, 6.45) is -3.14. The van der Waals surface area contributed by atoms with E-state index in [1.54, 1.807) is 12.1 Å². The lowest BCUT2D eigenvalue weighted by molar-refractivity contribution is -0.137. The lowest BCUT2D eigenvalue weighted by Crippen LogP contribution is -2.20. The molecule has 1 aliphatic heterocycles. The van der Waals surface area contributed by atoms with Crippen LogP contribution in [0, 0.1) is 11.3 Å². The largest absolute Gasteiger partial charge is 0.494 e. The summed E-state index contributed by atoms with van der Waals surface area (Å²) in [5.41, 5.74) is 0.351. The first-order chi connectivity index (χ1) is 13.4. The molecular formula is C21H21F3N2O2. The van der Waals surface area contributed by atoms with Crippen LogP contribution < -0.4 is 9.64 Å². The summed E-state index contributed by atoms with van der Waals surface area (Å²) in [5.74, 6) is 0.949. The number of benzene rings is 2. The van der Waals surface area contributed by atoms with Gasteiger partial charge in [-0.15, -0.1) is 0 Å². The number of anilines is 1. The molecule has 1 aliphatic rings. The molecule has 0 saturated carbocycles. The second kappa shape index (κ2) is 8.53. The van der Waals surface area contributed by atoms with Gasteiger partial charge in [0.25, 0.3) is 0 Å². The molecular weight excluding hydrogens is 369 g/mol. The van der Waals surface area contributed by atoms with Crippen LogP contribution in [0.4, 0.5) is 18.9 Å². The predicted octanol–water partition coefficient (Wildman–Crippen LogP) is 4.33. The third kappa shape index (κ3) is 4.57. The van der Waals surface area contributed by atoms with E-state index in [0.717, 1.165) is 23.8 Å². The van der Waals surface area contributed by atoms with Gasteiger partial charge in [-0.3, -0.25) is 0 Å². The van der Waals surface area contributed by atoms with Crippen LogP contribution in [-0.4, -0.2) is 31.4 Å². The maximum atomic E-state index is 13.2. The molecule has 0 bridgehead atoms. The van der Waals surface area contributed by atoms with Crippen LogP contribution in [0.1, 0.15) is 35.4 Å². The number of aliphatic hydroxyl groups excluding tert-OH is 1. The van der Waals surface area contributed by atoms with Crippen LogP contribution in [0.5, 0.6) is 5.75 Å². The fourth-order valence-corrected chi connectivity index (χ4v) is 3.42. The van der Waals surface area contributed by atoms with E-state index in [4.69, 9.17) is 15.1 Å². The topological polar surface area (TPSA) is 56.5 Å². The van der Waals surface area contributed by atoms with E-state index in [1.165, 1.54) is 6.07 Å². The van der Waals surface area contributed by atoms with Crippen LogP contribution >= 0.6 is 0 Å². The number of ether oxygens (including phenoxy) is 1. The van der Waals surface area contributed by atoms with Crippen molar-refractivity contribution in [2.24, 2.45) is 0 Å². The monoisotopic (exact) mass is 390 g/mol. The molecule has 0 unspecified atom stereocenters. The van der Waals surface area contributed by atoms with Crippen molar-refractivity contribution in [1.29, 1.82) is 5.26 Å². The first-order valence-electron chi connectivity index (χ1n) is 9.12. The highest BCUT2D eigenvalue weighted by molar-refractivity contribution is 5.56. The van der Waals surface area contributed by atoms with Gasteiger partial charge in [-0.2, -0.15) is 18.4 Å². The van der Waals surface area contributed by atoms with Gasteiger partial charge in [0.2, 0.25) is 0 Å². The highest BCUT2D eigenvalue weighted by Crippen LogP contribution is 2.37. The molecule has 2 aromatic carbocycles. The third-order valence-corrected chi connectivity index (χ3v) is 4.91. The zero-order valence-corrected chi connectivity index (χ0v) is 15.2. The van der Waals surface area contributed by atoms with E-state index in [1.807, 2.05) is 29.2 Å². The van der Waals surface area contributed by atoms with Crippen molar-refractivity contribution in [2.45, 2.75) is 24.9 Å². The van der Waals surface area contributed by atoms with Gasteiger partial charge in [-0.1, -0.05) is 12.1 Å². The number of halogens is 3. The van der Waals surface area contributed by atoms with E-state index >= 15 is 0 Å². The average Bonchev–Trinajstić information content (AvgIpc) is 3.18. The zero-order chi connectivity index (χ0) is 20.1. The molecule has 3 rings (SSSR count). The number of nitrogens with zero attached hydrogens (tertiary/aromatic N) is 2. The lowest BCUT2D eigenvalue weighted by Gasteiger charge is -2.21. The van der Waals surface area contributed by atoms with Crippen molar-refractivity contribution in [3.05, 3.63) is 59.2 Å². The minimum Gasteiger partial charge on any atom is -0.494 e. The molecule has 0 aromatic heterocycles. The Morgan fingerprint density at radius 1 is 1.18 bits per heavy atom. The Balaban J connectivity index is 1.69. The number of alkyl halides is 3. The van der Waals surface area contributed by atoms with Crippen molar-refractivity contribution in [1.82, 2.24) is 0 Å². The third-order valence-electron chi connectivity index (χ3n) is 4.91. The summed E-state index contributed by atoms with van der Waals surface area (Å²) in [5, 5.41) is 17.7. The molecule has 1 saturated heterocycles. The Morgan fingerprint density at radius 2 is 1.93 bits per heavy atom. The van der Waals surface area contributed by atoms with Gasteiger partial charge in [-0.25, -0.2) is 0 Å². The molecule has 4 nitrogen and oxygen atoms in total. The quantitative estimate of drug-likeness (QED) is 0.746. The van der Waals surface area contributed by atoms with Crippen LogP contribution in [0.15, 0.2) is 42.5 Å². The van der Waals surface area contributed by atoms with E-state index < -0.39 is 11.7 Å². The van der Waals surface area contributed by atoms with Crippen molar-refractivity contribution >= 4 is 5.69 Å².